The molecule has 0 heterocycles. The first-order valence-corrected chi connectivity index (χ1v) is 5.87. The van der Waals surface area contributed by atoms with Crippen LogP contribution in [-0.4, -0.2) is 29.2 Å². The molecule has 4 N–H and O–H groups in total. The topological polar surface area (TPSA) is 75.4 Å². The van der Waals surface area contributed by atoms with Gasteiger partial charge in [-0.25, -0.2) is 0 Å². The van der Waals surface area contributed by atoms with E-state index >= 15 is 0 Å². The lowest BCUT2D eigenvalue weighted by molar-refractivity contribution is -0.123. The average Bonchev–Trinajstić information content (AvgIpc) is 2.22. The summed E-state index contributed by atoms with van der Waals surface area (Å²) in [5, 5.41) is 12.3. The maximum absolute atomic E-state index is 11.6. The monoisotopic (exact) mass is 214 g/mol. The zero-order valence-corrected chi connectivity index (χ0v) is 9.41. The maximum atomic E-state index is 11.6. The fourth-order valence-corrected chi connectivity index (χ4v) is 1.97. The van der Waals surface area contributed by atoms with Crippen molar-refractivity contribution in [1.29, 1.82) is 0 Å². The molecule has 4 nitrogen and oxygen atoms in total. The second kappa shape index (κ2) is 6.08. The van der Waals surface area contributed by atoms with E-state index in [-0.39, 0.29) is 24.1 Å². The van der Waals surface area contributed by atoms with Gasteiger partial charge in [0.1, 0.15) is 0 Å². The number of carbonyl (C=O) groups is 1. The molecule has 1 aliphatic carbocycles. The molecular weight excluding hydrogens is 192 g/mol. The first-order valence-electron chi connectivity index (χ1n) is 5.87. The second-order valence-corrected chi connectivity index (χ2v) is 4.41. The molecule has 0 aromatic heterocycles. The van der Waals surface area contributed by atoms with E-state index in [0.717, 1.165) is 38.5 Å². The third-order valence-corrected chi connectivity index (χ3v) is 2.98. The highest BCUT2D eigenvalue weighted by Gasteiger charge is 2.22. The van der Waals surface area contributed by atoms with Crippen LogP contribution >= 0.6 is 0 Å². The molecule has 15 heavy (non-hydrogen) atoms. The molecule has 0 saturated heterocycles. The van der Waals surface area contributed by atoms with Crippen LogP contribution < -0.4 is 11.1 Å². The predicted octanol–water partition coefficient (Wildman–Crippen LogP) is 0.533. The zero-order valence-electron chi connectivity index (χ0n) is 9.41. The molecule has 0 spiro atoms. The molecule has 1 atom stereocenters. The van der Waals surface area contributed by atoms with Crippen LogP contribution in [0, 0.1) is 0 Å². The minimum atomic E-state index is -0.373. The van der Waals surface area contributed by atoms with Gasteiger partial charge in [-0.15, -0.1) is 0 Å². The summed E-state index contributed by atoms with van der Waals surface area (Å²) in [7, 11) is 0. The van der Waals surface area contributed by atoms with Gasteiger partial charge in [0.05, 0.1) is 12.1 Å². The lowest BCUT2D eigenvalue weighted by Gasteiger charge is -2.27. The standard InChI is InChI=1S/C11H22N2O2/c1-2-3-10(12)11(15)13-8-4-6-9(14)7-5-8/h8-10,14H,2-7,12H2,1H3,(H,13,15)/t8?,9?,10-/m1/s1. The Hall–Kier alpha value is -0.610. The first kappa shape index (κ1) is 12.5. The Morgan fingerprint density at radius 2 is 2.07 bits per heavy atom. The van der Waals surface area contributed by atoms with Crippen LogP contribution in [-0.2, 0) is 4.79 Å². The summed E-state index contributed by atoms with van der Waals surface area (Å²) >= 11 is 0. The molecular formula is C11H22N2O2. The molecule has 0 radical (unpaired) electrons. The van der Waals surface area contributed by atoms with Crippen LogP contribution in [0.2, 0.25) is 0 Å². The minimum Gasteiger partial charge on any atom is -0.393 e. The molecule has 1 aliphatic rings. The molecule has 1 rings (SSSR count). The van der Waals surface area contributed by atoms with E-state index in [2.05, 4.69) is 5.32 Å². The Kier molecular flexibility index (Phi) is 5.05. The van der Waals surface area contributed by atoms with Gasteiger partial charge in [0.15, 0.2) is 0 Å². The zero-order chi connectivity index (χ0) is 11.3. The van der Waals surface area contributed by atoms with E-state index in [9.17, 15) is 9.90 Å². The molecule has 1 amide bonds. The maximum Gasteiger partial charge on any atom is 0.237 e. The highest BCUT2D eigenvalue weighted by Crippen LogP contribution is 2.18. The van der Waals surface area contributed by atoms with Crippen molar-refractivity contribution < 1.29 is 9.90 Å². The van der Waals surface area contributed by atoms with Crippen molar-refractivity contribution in [3.05, 3.63) is 0 Å². The lowest BCUT2D eigenvalue weighted by Crippen LogP contribution is -2.46. The van der Waals surface area contributed by atoms with Gasteiger partial charge < -0.3 is 16.2 Å². The number of hydrogen-bond acceptors (Lipinski definition) is 3. The summed E-state index contributed by atoms with van der Waals surface area (Å²) < 4.78 is 0. The Labute approximate surface area is 91.2 Å². The predicted molar refractivity (Wildman–Crippen MR) is 59.3 cm³/mol. The van der Waals surface area contributed by atoms with Crippen molar-refractivity contribution in [1.82, 2.24) is 5.32 Å². The third kappa shape index (κ3) is 4.18. The van der Waals surface area contributed by atoms with Gasteiger partial charge in [0, 0.05) is 6.04 Å². The largest absolute Gasteiger partial charge is 0.393 e. The number of nitrogens with one attached hydrogen (secondary N) is 1. The van der Waals surface area contributed by atoms with Gasteiger partial charge in [-0.1, -0.05) is 13.3 Å². The van der Waals surface area contributed by atoms with E-state index < -0.39 is 0 Å². The smallest absolute Gasteiger partial charge is 0.237 e. The number of aliphatic hydroxyl groups excluding tert-OH is 1. The molecule has 88 valence electrons. The van der Waals surface area contributed by atoms with Crippen LogP contribution in [0.1, 0.15) is 45.4 Å². The molecule has 1 saturated carbocycles. The van der Waals surface area contributed by atoms with Gasteiger partial charge >= 0.3 is 0 Å². The van der Waals surface area contributed by atoms with Crippen molar-refractivity contribution in [3.63, 3.8) is 0 Å². The van der Waals surface area contributed by atoms with E-state index in [4.69, 9.17) is 5.73 Å². The van der Waals surface area contributed by atoms with Gasteiger partial charge in [0.25, 0.3) is 0 Å². The Balaban J connectivity index is 2.25. The van der Waals surface area contributed by atoms with Crippen LogP contribution in [0.25, 0.3) is 0 Å². The van der Waals surface area contributed by atoms with Crippen LogP contribution in [0.5, 0.6) is 0 Å². The molecule has 4 heteroatoms. The van der Waals surface area contributed by atoms with Crippen molar-refractivity contribution in [2.75, 3.05) is 0 Å². The quantitative estimate of drug-likeness (QED) is 0.639. The van der Waals surface area contributed by atoms with Gasteiger partial charge in [-0.05, 0) is 32.1 Å². The third-order valence-electron chi connectivity index (χ3n) is 2.98. The van der Waals surface area contributed by atoms with Crippen molar-refractivity contribution in [3.8, 4) is 0 Å². The number of carbonyl (C=O) groups excluding carboxylic acids is 1. The molecule has 0 unspecified atom stereocenters. The summed E-state index contributed by atoms with van der Waals surface area (Å²) in [6, 6.07) is -0.161. The summed E-state index contributed by atoms with van der Waals surface area (Å²) in [5.41, 5.74) is 5.71. The highest BCUT2D eigenvalue weighted by atomic mass is 16.3. The summed E-state index contributed by atoms with van der Waals surface area (Å²) in [5.74, 6) is -0.0433. The van der Waals surface area contributed by atoms with Crippen molar-refractivity contribution >= 4 is 5.91 Å². The fourth-order valence-electron chi connectivity index (χ4n) is 1.97. The number of hydrogen-bond donors (Lipinski definition) is 3. The van der Waals surface area contributed by atoms with E-state index in [1.54, 1.807) is 0 Å². The molecule has 0 bridgehead atoms. The Morgan fingerprint density at radius 3 is 2.60 bits per heavy atom. The number of nitrogens with two attached hydrogens (primary N) is 1. The van der Waals surface area contributed by atoms with Gasteiger partial charge in [-0.3, -0.25) is 4.79 Å². The van der Waals surface area contributed by atoms with E-state index in [0.29, 0.717) is 0 Å². The Morgan fingerprint density at radius 1 is 1.47 bits per heavy atom. The van der Waals surface area contributed by atoms with Crippen molar-refractivity contribution in [2.24, 2.45) is 5.73 Å². The van der Waals surface area contributed by atoms with Crippen molar-refractivity contribution in [2.45, 2.75) is 63.6 Å². The number of amides is 1. The fraction of sp³-hybridized carbons (Fsp3) is 0.909. The Bertz CT molecular complexity index is 201. The highest BCUT2D eigenvalue weighted by molar-refractivity contribution is 5.81. The van der Waals surface area contributed by atoms with Crippen LogP contribution in [0.4, 0.5) is 0 Å². The molecule has 0 aliphatic heterocycles. The van der Waals surface area contributed by atoms with Crippen LogP contribution in [0.15, 0.2) is 0 Å². The van der Waals surface area contributed by atoms with Gasteiger partial charge in [-0.2, -0.15) is 0 Å². The van der Waals surface area contributed by atoms with Gasteiger partial charge in [0.2, 0.25) is 5.91 Å². The minimum absolute atomic E-state index is 0.0433. The van der Waals surface area contributed by atoms with Crippen LogP contribution in [0.3, 0.4) is 0 Å². The second-order valence-electron chi connectivity index (χ2n) is 4.41. The number of aliphatic hydroxyl groups is 1. The van der Waals surface area contributed by atoms with E-state index in [1.807, 2.05) is 6.92 Å². The summed E-state index contributed by atoms with van der Waals surface area (Å²) in [6.07, 6.45) is 4.79. The molecule has 1 fully saturated rings. The summed E-state index contributed by atoms with van der Waals surface area (Å²) in [4.78, 5) is 11.6. The SMILES string of the molecule is CCC[C@@H](N)C(=O)NC1CCC(O)CC1. The van der Waals surface area contributed by atoms with E-state index in [1.165, 1.54) is 0 Å². The summed E-state index contributed by atoms with van der Waals surface area (Å²) in [6.45, 7) is 2.02. The molecule has 0 aromatic rings. The average molecular weight is 214 g/mol. The normalized spacial score (nSPS) is 28.5. The molecule has 0 aromatic carbocycles. The number of rotatable bonds is 4. The first-order chi connectivity index (χ1) is 7.13. The lowest BCUT2D eigenvalue weighted by atomic mass is 9.93.